The average Bonchev–Trinajstić information content (AvgIpc) is 2.32. The molecular formula is C13H19N3O2. The van der Waals surface area contributed by atoms with Crippen LogP contribution >= 0.6 is 0 Å². The summed E-state index contributed by atoms with van der Waals surface area (Å²) < 4.78 is 4.63. The third-order valence-electron chi connectivity index (χ3n) is 3.48. The molecule has 0 amide bonds. The van der Waals surface area contributed by atoms with E-state index in [2.05, 4.69) is 26.9 Å². The van der Waals surface area contributed by atoms with Crippen molar-refractivity contribution < 1.29 is 9.53 Å². The highest BCUT2D eigenvalue weighted by Crippen LogP contribution is 2.40. The van der Waals surface area contributed by atoms with Gasteiger partial charge in [-0.1, -0.05) is 13.3 Å². The number of carbonyl (C=O) groups is 1. The largest absolute Gasteiger partial charge is 0.463 e. The molecule has 0 aliphatic heterocycles. The van der Waals surface area contributed by atoms with Crippen molar-refractivity contribution in [3.05, 3.63) is 17.6 Å². The number of aromatic nitrogens is 2. The van der Waals surface area contributed by atoms with E-state index in [1.807, 2.05) is 13.0 Å². The number of hydrogen-bond acceptors (Lipinski definition) is 5. The highest BCUT2D eigenvalue weighted by atomic mass is 16.5. The van der Waals surface area contributed by atoms with Crippen LogP contribution in [0.5, 0.6) is 0 Å². The Kier molecular flexibility index (Phi) is 3.50. The summed E-state index contributed by atoms with van der Waals surface area (Å²) in [6, 6.07) is 1.84. The molecule has 0 spiro atoms. The Bertz CT molecular complexity index is 456. The summed E-state index contributed by atoms with van der Waals surface area (Å²) in [7, 11) is 1.33. The van der Waals surface area contributed by atoms with Crippen LogP contribution in [0.15, 0.2) is 6.07 Å². The third-order valence-corrected chi connectivity index (χ3v) is 3.48. The molecule has 0 bridgehead atoms. The first kappa shape index (κ1) is 12.8. The van der Waals surface area contributed by atoms with Gasteiger partial charge in [0.25, 0.3) is 0 Å². The molecule has 1 aromatic heterocycles. The molecule has 1 fully saturated rings. The summed E-state index contributed by atoms with van der Waals surface area (Å²) in [6.45, 7) is 4.98. The van der Waals surface area contributed by atoms with Gasteiger partial charge in [-0.3, -0.25) is 0 Å². The van der Waals surface area contributed by atoms with Gasteiger partial charge in [0.2, 0.25) is 5.82 Å². The van der Waals surface area contributed by atoms with Crippen molar-refractivity contribution in [2.75, 3.05) is 19.0 Å². The molecule has 1 heterocycles. The third kappa shape index (κ3) is 2.78. The summed E-state index contributed by atoms with van der Waals surface area (Å²) in [6.07, 6.45) is 3.79. The molecule has 5 heteroatoms. The van der Waals surface area contributed by atoms with Crippen LogP contribution in [0.1, 0.15) is 42.5 Å². The van der Waals surface area contributed by atoms with E-state index in [1.54, 1.807) is 0 Å². The van der Waals surface area contributed by atoms with Gasteiger partial charge in [0, 0.05) is 18.3 Å². The monoisotopic (exact) mass is 249 g/mol. The zero-order chi connectivity index (χ0) is 13.2. The molecule has 0 aromatic carbocycles. The Balaban J connectivity index is 2.07. The Morgan fingerprint density at radius 3 is 2.78 bits per heavy atom. The van der Waals surface area contributed by atoms with Gasteiger partial charge < -0.3 is 10.1 Å². The van der Waals surface area contributed by atoms with Gasteiger partial charge in [-0.25, -0.2) is 14.8 Å². The minimum atomic E-state index is -0.503. The predicted octanol–water partition coefficient (Wildman–Crippen LogP) is 2.17. The van der Waals surface area contributed by atoms with Gasteiger partial charge in [0.05, 0.1) is 7.11 Å². The van der Waals surface area contributed by atoms with Crippen molar-refractivity contribution in [2.24, 2.45) is 5.41 Å². The second-order valence-electron chi connectivity index (χ2n) is 5.23. The summed E-state index contributed by atoms with van der Waals surface area (Å²) in [5.41, 5.74) is 1.12. The lowest BCUT2D eigenvalue weighted by Crippen LogP contribution is -2.33. The van der Waals surface area contributed by atoms with Crippen LogP contribution in [0, 0.1) is 12.3 Å². The maximum absolute atomic E-state index is 11.4. The fourth-order valence-electron chi connectivity index (χ4n) is 2.10. The van der Waals surface area contributed by atoms with Crippen LogP contribution < -0.4 is 5.32 Å². The molecule has 1 aromatic rings. The van der Waals surface area contributed by atoms with E-state index < -0.39 is 5.97 Å². The first-order chi connectivity index (χ1) is 8.52. The Morgan fingerprint density at radius 2 is 2.22 bits per heavy atom. The Hall–Kier alpha value is -1.65. The fraction of sp³-hybridized carbons (Fsp3) is 0.615. The maximum atomic E-state index is 11.4. The van der Waals surface area contributed by atoms with E-state index in [9.17, 15) is 4.79 Å². The lowest BCUT2D eigenvalue weighted by atomic mass is 9.70. The molecule has 0 radical (unpaired) electrons. The van der Waals surface area contributed by atoms with Gasteiger partial charge in [-0.05, 0) is 25.2 Å². The number of ether oxygens (including phenoxy) is 1. The van der Waals surface area contributed by atoms with Crippen LogP contribution in [-0.4, -0.2) is 29.6 Å². The van der Waals surface area contributed by atoms with E-state index in [-0.39, 0.29) is 5.82 Å². The normalized spacial score (nSPS) is 16.8. The molecular weight excluding hydrogens is 230 g/mol. The van der Waals surface area contributed by atoms with Gasteiger partial charge >= 0.3 is 5.97 Å². The highest BCUT2D eigenvalue weighted by Gasteiger charge is 2.31. The second kappa shape index (κ2) is 4.92. The van der Waals surface area contributed by atoms with Crippen LogP contribution in [-0.2, 0) is 4.74 Å². The van der Waals surface area contributed by atoms with Gasteiger partial charge in [-0.15, -0.1) is 0 Å². The van der Waals surface area contributed by atoms with E-state index in [1.165, 1.54) is 26.4 Å². The van der Waals surface area contributed by atoms with Crippen molar-refractivity contribution in [3.8, 4) is 0 Å². The Morgan fingerprint density at radius 1 is 1.50 bits per heavy atom. The molecule has 0 unspecified atom stereocenters. The number of nitrogens with zero attached hydrogens (tertiary/aromatic N) is 2. The van der Waals surface area contributed by atoms with Crippen molar-refractivity contribution in [1.29, 1.82) is 0 Å². The number of aryl methyl sites for hydroxylation is 1. The summed E-state index contributed by atoms with van der Waals surface area (Å²) >= 11 is 0. The quantitative estimate of drug-likeness (QED) is 0.828. The molecule has 5 nitrogen and oxygen atoms in total. The first-order valence-electron chi connectivity index (χ1n) is 6.20. The zero-order valence-corrected chi connectivity index (χ0v) is 11.1. The number of carbonyl (C=O) groups excluding carboxylic acids is 1. The zero-order valence-electron chi connectivity index (χ0n) is 11.1. The van der Waals surface area contributed by atoms with Crippen molar-refractivity contribution >= 4 is 11.8 Å². The van der Waals surface area contributed by atoms with Crippen molar-refractivity contribution in [1.82, 2.24) is 9.97 Å². The van der Waals surface area contributed by atoms with Gasteiger partial charge in [0.1, 0.15) is 5.82 Å². The number of hydrogen-bond donors (Lipinski definition) is 1. The molecule has 0 saturated heterocycles. The topological polar surface area (TPSA) is 64.1 Å². The SMILES string of the molecule is COC(=O)c1nc(C)cc(NCC2(C)CCC2)n1. The second-order valence-corrected chi connectivity index (χ2v) is 5.23. The lowest BCUT2D eigenvalue weighted by Gasteiger charge is -2.38. The van der Waals surface area contributed by atoms with Gasteiger partial charge in [-0.2, -0.15) is 0 Å². The lowest BCUT2D eigenvalue weighted by molar-refractivity contribution is 0.0586. The number of nitrogens with one attached hydrogen (secondary N) is 1. The molecule has 0 atom stereocenters. The Labute approximate surface area is 107 Å². The van der Waals surface area contributed by atoms with Gasteiger partial charge in [0.15, 0.2) is 0 Å². The highest BCUT2D eigenvalue weighted by molar-refractivity contribution is 5.85. The molecule has 1 aliphatic carbocycles. The van der Waals surface area contributed by atoms with E-state index in [4.69, 9.17) is 0 Å². The molecule has 1 N–H and O–H groups in total. The first-order valence-corrected chi connectivity index (χ1v) is 6.20. The minimum Gasteiger partial charge on any atom is -0.463 e. The average molecular weight is 249 g/mol. The molecule has 18 heavy (non-hydrogen) atoms. The maximum Gasteiger partial charge on any atom is 0.376 e. The molecule has 98 valence electrons. The van der Waals surface area contributed by atoms with Crippen LogP contribution in [0.25, 0.3) is 0 Å². The van der Waals surface area contributed by atoms with Crippen LogP contribution in [0.3, 0.4) is 0 Å². The summed E-state index contributed by atoms with van der Waals surface area (Å²) in [5.74, 6) is 0.298. The molecule has 2 rings (SSSR count). The van der Waals surface area contributed by atoms with E-state index in [0.717, 1.165) is 12.2 Å². The number of anilines is 1. The molecule has 1 aliphatic rings. The molecule has 1 saturated carbocycles. The smallest absolute Gasteiger partial charge is 0.376 e. The predicted molar refractivity (Wildman–Crippen MR) is 68.6 cm³/mol. The van der Waals surface area contributed by atoms with Crippen molar-refractivity contribution in [2.45, 2.75) is 33.1 Å². The fourth-order valence-corrected chi connectivity index (χ4v) is 2.10. The number of esters is 1. The summed E-state index contributed by atoms with van der Waals surface area (Å²) in [4.78, 5) is 19.6. The number of methoxy groups -OCH3 is 1. The standard InChI is InChI=1S/C13H19N3O2/c1-9-7-10(14-8-13(2)5-4-6-13)16-11(15-9)12(17)18-3/h7H,4-6,8H2,1-3H3,(H,14,15,16). The minimum absolute atomic E-state index is 0.110. The number of rotatable bonds is 4. The summed E-state index contributed by atoms with van der Waals surface area (Å²) in [5, 5.41) is 3.29. The van der Waals surface area contributed by atoms with E-state index >= 15 is 0 Å². The van der Waals surface area contributed by atoms with E-state index in [0.29, 0.717) is 11.2 Å². The van der Waals surface area contributed by atoms with Crippen molar-refractivity contribution in [3.63, 3.8) is 0 Å². The van der Waals surface area contributed by atoms with Crippen LogP contribution in [0.2, 0.25) is 0 Å². The van der Waals surface area contributed by atoms with Crippen LogP contribution in [0.4, 0.5) is 5.82 Å².